The standard InChI is InChI=1S/C14H18N2OS.ClH/c17-14(16-8-6-15-7-9-16)13-12-4-2-1-3-11(12)5-10-18-13;/h1-4,13,15H,5-10H2;1H. The second kappa shape index (κ2) is 6.64. The molecule has 2 heterocycles. The molecule has 1 atom stereocenters. The topological polar surface area (TPSA) is 32.3 Å². The number of halogens is 1. The molecule has 2 aliphatic rings. The minimum atomic E-state index is 0. The fourth-order valence-corrected chi connectivity index (χ4v) is 3.92. The summed E-state index contributed by atoms with van der Waals surface area (Å²) < 4.78 is 0. The highest BCUT2D eigenvalue weighted by atomic mass is 35.5. The highest BCUT2D eigenvalue weighted by Crippen LogP contribution is 2.37. The van der Waals surface area contributed by atoms with E-state index in [-0.39, 0.29) is 17.7 Å². The van der Waals surface area contributed by atoms with Gasteiger partial charge in [0.25, 0.3) is 0 Å². The summed E-state index contributed by atoms with van der Waals surface area (Å²) in [6.45, 7) is 3.53. The molecule has 5 heteroatoms. The Balaban J connectivity index is 0.00000133. The summed E-state index contributed by atoms with van der Waals surface area (Å²) in [5.41, 5.74) is 2.59. The Morgan fingerprint density at radius 3 is 2.79 bits per heavy atom. The SMILES string of the molecule is Cl.O=C(C1SCCc2ccccc21)N1CCNCC1. The van der Waals surface area contributed by atoms with Crippen molar-refractivity contribution in [2.24, 2.45) is 0 Å². The number of amides is 1. The monoisotopic (exact) mass is 298 g/mol. The zero-order chi connectivity index (χ0) is 12.4. The molecular formula is C14H19ClN2OS. The van der Waals surface area contributed by atoms with Crippen LogP contribution in [0.4, 0.5) is 0 Å². The molecule has 1 unspecified atom stereocenters. The lowest BCUT2D eigenvalue weighted by Crippen LogP contribution is -2.48. The predicted octanol–water partition coefficient (Wildman–Crippen LogP) is 1.87. The first-order valence-corrected chi connectivity index (χ1v) is 7.60. The van der Waals surface area contributed by atoms with Gasteiger partial charge in [0.05, 0.1) is 0 Å². The lowest BCUT2D eigenvalue weighted by molar-refractivity contribution is -0.131. The Bertz CT molecular complexity index is 449. The van der Waals surface area contributed by atoms with E-state index in [1.807, 2.05) is 11.0 Å². The summed E-state index contributed by atoms with van der Waals surface area (Å²) in [7, 11) is 0. The van der Waals surface area contributed by atoms with Crippen LogP contribution < -0.4 is 5.32 Å². The Morgan fingerprint density at radius 2 is 2.00 bits per heavy atom. The maximum Gasteiger partial charge on any atom is 0.240 e. The van der Waals surface area contributed by atoms with Gasteiger partial charge >= 0.3 is 0 Å². The van der Waals surface area contributed by atoms with E-state index in [1.54, 1.807) is 11.8 Å². The van der Waals surface area contributed by atoms with Gasteiger partial charge in [0.15, 0.2) is 0 Å². The fourth-order valence-electron chi connectivity index (χ4n) is 2.65. The van der Waals surface area contributed by atoms with E-state index < -0.39 is 0 Å². The molecule has 3 nitrogen and oxygen atoms in total. The normalized spacial score (nSPS) is 22.3. The Morgan fingerprint density at radius 1 is 1.26 bits per heavy atom. The summed E-state index contributed by atoms with van der Waals surface area (Å²) in [6.07, 6.45) is 1.09. The molecule has 0 bridgehead atoms. The van der Waals surface area contributed by atoms with Crippen LogP contribution >= 0.6 is 24.2 Å². The summed E-state index contributed by atoms with van der Waals surface area (Å²) in [5, 5.41) is 3.31. The van der Waals surface area contributed by atoms with E-state index in [2.05, 4.69) is 23.5 Å². The smallest absolute Gasteiger partial charge is 0.240 e. The summed E-state index contributed by atoms with van der Waals surface area (Å²) in [5.74, 6) is 1.35. The van der Waals surface area contributed by atoms with Crippen LogP contribution in [0.2, 0.25) is 0 Å². The van der Waals surface area contributed by atoms with Gasteiger partial charge < -0.3 is 10.2 Å². The lowest BCUT2D eigenvalue weighted by atomic mass is 10.0. The molecule has 1 saturated heterocycles. The number of nitrogens with zero attached hydrogens (tertiary/aromatic N) is 1. The van der Waals surface area contributed by atoms with Crippen molar-refractivity contribution in [3.8, 4) is 0 Å². The molecule has 1 fully saturated rings. The average molecular weight is 299 g/mol. The first-order chi connectivity index (χ1) is 8.86. The molecule has 1 aromatic rings. The van der Waals surface area contributed by atoms with Gasteiger partial charge in [-0.2, -0.15) is 0 Å². The van der Waals surface area contributed by atoms with Gasteiger partial charge in [-0.15, -0.1) is 24.2 Å². The number of carbonyl (C=O) groups excluding carboxylic acids is 1. The molecule has 3 rings (SSSR count). The number of hydrogen-bond donors (Lipinski definition) is 1. The molecular weight excluding hydrogens is 280 g/mol. The molecule has 19 heavy (non-hydrogen) atoms. The number of thioether (sulfide) groups is 1. The highest BCUT2D eigenvalue weighted by Gasteiger charge is 2.30. The van der Waals surface area contributed by atoms with E-state index in [4.69, 9.17) is 0 Å². The van der Waals surface area contributed by atoms with E-state index in [1.165, 1.54) is 11.1 Å². The van der Waals surface area contributed by atoms with Crippen LogP contribution in [0.3, 0.4) is 0 Å². The minimum Gasteiger partial charge on any atom is -0.339 e. The van der Waals surface area contributed by atoms with Crippen LogP contribution in [0.15, 0.2) is 24.3 Å². The quantitative estimate of drug-likeness (QED) is 0.859. The molecule has 0 aromatic heterocycles. The third kappa shape index (κ3) is 3.07. The van der Waals surface area contributed by atoms with E-state index in [0.717, 1.165) is 38.4 Å². The number of aryl methyl sites for hydroxylation is 1. The van der Waals surface area contributed by atoms with Crippen LogP contribution in [-0.2, 0) is 11.2 Å². The zero-order valence-corrected chi connectivity index (χ0v) is 12.4. The molecule has 0 radical (unpaired) electrons. The highest BCUT2D eigenvalue weighted by molar-refractivity contribution is 8.00. The molecule has 2 aliphatic heterocycles. The number of nitrogens with one attached hydrogen (secondary N) is 1. The second-order valence-corrected chi connectivity index (χ2v) is 5.99. The number of benzene rings is 1. The zero-order valence-electron chi connectivity index (χ0n) is 10.8. The van der Waals surface area contributed by atoms with Gasteiger partial charge in [0, 0.05) is 26.2 Å². The van der Waals surface area contributed by atoms with Gasteiger partial charge in [-0.05, 0) is 23.3 Å². The van der Waals surface area contributed by atoms with E-state index in [0.29, 0.717) is 5.91 Å². The molecule has 0 aliphatic carbocycles. The third-order valence-corrected chi connectivity index (χ3v) is 4.88. The lowest BCUT2D eigenvalue weighted by Gasteiger charge is -2.33. The Kier molecular flexibility index (Phi) is 5.13. The van der Waals surface area contributed by atoms with Crippen molar-refractivity contribution in [2.75, 3.05) is 31.9 Å². The summed E-state index contributed by atoms with van der Waals surface area (Å²) >= 11 is 1.80. The van der Waals surface area contributed by atoms with Crippen molar-refractivity contribution in [3.05, 3.63) is 35.4 Å². The maximum absolute atomic E-state index is 12.6. The van der Waals surface area contributed by atoms with Crippen LogP contribution in [0.25, 0.3) is 0 Å². The van der Waals surface area contributed by atoms with Gasteiger partial charge in [0.2, 0.25) is 5.91 Å². The molecule has 1 amide bonds. The van der Waals surface area contributed by atoms with E-state index in [9.17, 15) is 4.79 Å². The van der Waals surface area contributed by atoms with Crippen LogP contribution in [0, 0.1) is 0 Å². The van der Waals surface area contributed by atoms with Gasteiger partial charge in [0.1, 0.15) is 5.25 Å². The van der Waals surface area contributed by atoms with Crippen molar-refractivity contribution < 1.29 is 4.79 Å². The number of rotatable bonds is 1. The largest absolute Gasteiger partial charge is 0.339 e. The Hall–Kier alpha value is -0.710. The van der Waals surface area contributed by atoms with E-state index >= 15 is 0 Å². The van der Waals surface area contributed by atoms with Gasteiger partial charge in [-0.1, -0.05) is 24.3 Å². The van der Waals surface area contributed by atoms with Crippen molar-refractivity contribution in [2.45, 2.75) is 11.7 Å². The number of piperazine rings is 1. The number of hydrogen-bond acceptors (Lipinski definition) is 3. The second-order valence-electron chi connectivity index (χ2n) is 4.77. The van der Waals surface area contributed by atoms with Crippen molar-refractivity contribution in [1.29, 1.82) is 0 Å². The predicted molar refractivity (Wildman–Crippen MR) is 82.0 cm³/mol. The number of carbonyl (C=O) groups is 1. The first kappa shape index (κ1) is 14.7. The molecule has 1 N–H and O–H groups in total. The first-order valence-electron chi connectivity index (χ1n) is 6.55. The average Bonchev–Trinajstić information content (AvgIpc) is 2.47. The Labute approximate surface area is 124 Å². The van der Waals surface area contributed by atoms with Crippen LogP contribution in [0.5, 0.6) is 0 Å². The van der Waals surface area contributed by atoms with Crippen molar-refractivity contribution in [1.82, 2.24) is 10.2 Å². The van der Waals surface area contributed by atoms with Crippen molar-refractivity contribution >= 4 is 30.1 Å². The van der Waals surface area contributed by atoms with Crippen LogP contribution in [-0.4, -0.2) is 42.7 Å². The molecule has 1 aromatic carbocycles. The third-order valence-electron chi connectivity index (χ3n) is 3.65. The van der Waals surface area contributed by atoms with Crippen molar-refractivity contribution in [3.63, 3.8) is 0 Å². The minimum absolute atomic E-state index is 0. The summed E-state index contributed by atoms with van der Waals surface area (Å²) in [6, 6.07) is 8.39. The molecule has 0 spiro atoms. The van der Waals surface area contributed by atoms with Gasteiger partial charge in [-0.25, -0.2) is 0 Å². The number of fused-ring (bicyclic) bond motifs is 1. The van der Waals surface area contributed by atoms with Crippen LogP contribution in [0.1, 0.15) is 16.4 Å². The fraction of sp³-hybridized carbons (Fsp3) is 0.500. The summed E-state index contributed by atoms with van der Waals surface area (Å²) in [4.78, 5) is 14.6. The maximum atomic E-state index is 12.6. The molecule has 0 saturated carbocycles. The molecule has 104 valence electrons. The van der Waals surface area contributed by atoms with Gasteiger partial charge in [-0.3, -0.25) is 4.79 Å².